The van der Waals surface area contributed by atoms with Crippen molar-refractivity contribution in [1.29, 1.82) is 0 Å². The summed E-state index contributed by atoms with van der Waals surface area (Å²) >= 11 is 0. The number of hydrogen-bond donors (Lipinski definition) is 2. The molecule has 0 radical (unpaired) electrons. The van der Waals surface area contributed by atoms with Crippen LogP contribution in [0.15, 0.2) is 28.3 Å². The number of aromatic nitrogens is 2. The molecule has 0 unspecified atom stereocenters. The Labute approximate surface area is 177 Å². The molecular weight excluding hydrogens is 379 g/mol. The zero-order valence-electron chi connectivity index (χ0n) is 18.1. The minimum atomic E-state index is -0.254. The van der Waals surface area contributed by atoms with Crippen molar-refractivity contribution in [3.63, 3.8) is 0 Å². The van der Waals surface area contributed by atoms with Gasteiger partial charge in [-0.15, -0.1) is 0 Å². The van der Waals surface area contributed by atoms with E-state index in [9.17, 15) is 4.39 Å². The molecule has 1 aromatic heterocycles. The quantitative estimate of drug-likeness (QED) is 0.723. The third-order valence-corrected chi connectivity index (χ3v) is 6.03. The van der Waals surface area contributed by atoms with Gasteiger partial charge in [0.15, 0.2) is 0 Å². The first kappa shape index (κ1) is 20.7. The number of likely N-dealkylation sites (tertiary alicyclic amines) is 1. The van der Waals surface area contributed by atoms with Gasteiger partial charge in [-0.25, -0.2) is 14.4 Å². The van der Waals surface area contributed by atoms with Crippen molar-refractivity contribution in [1.82, 2.24) is 20.2 Å². The second-order valence-corrected chi connectivity index (χ2v) is 8.64. The number of nitrogens with one attached hydrogen (secondary N) is 2. The van der Waals surface area contributed by atoms with Crippen LogP contribution in [0.3, 0.4) is 0 Å². The highest BCUT2D eigenvalue weighted by Gasteiger charge is 2.17. The van der Waals surface area contributed by atoms with E-state index < -0.39 is 0 Å². The highest BCUT2D eigenvalue weighted by molar-refractivity contribution is 6.03. The summed E-state index contributed by atoms with van der Waals surface area (Å²) in [5, 5.41) is 3.23. The first-order valence-corrected chi connectivity index (χ1v) is 10.9. The van der Waals surface area contributed by atoms with Gasteiger partial charge in [0.1, 0.15) is 11.6 Å². The molecule has 0 saturated carbocycles. The molecule has 1 saturated heterocycles. The Morgan fingerprint density at radius 2 is 2.03 bits per heavy atom. The van der Waals surface area contributed by atoms with Crippen LogP contribution < -0.4 is 5.32 Å². The van der Waals surface area contributed by atoms with Crippen LogP contribution in [0.5, 0.6) is 0 Å². The lowest BCUT2D eigenvalue weighted by Gasteiger charge is -2.28. The summed E-state index contributed by atoms with van der Waals surface area (Å²) in [5.74, 6) is 1.98. The van der Waals surface area contributed by atoms with Gasteiger partial charge in [-0.1, -0.05) is 0 Å². The van der Waals surface area contributed by atoms with E-state index in [-0.39, 0.29) is 5.82 Å². The van der Waals surface area contributed by atoms with Crippen molar-refractivity contribution in [3.05, 3.63) is 35.5 Å². The molecule has 2 aliphatic rings. The van der Waals surface area contributed by atoms with Gasteiger partial charge in [0.25, 0.3) is 0 Å². The summed E-state index contributed by atoms with van der Waals surface area (Å²) in [5.41, 5.74) is 4.30. The fraction of sp³-hybridized carbons (Fsp3) is 0.522. The summed E-state index contributed by atoms with van der Waals surface area (Å²) in [6, 6.07) is 3.00. The van der Waals surface area contributed by atoms with Crippen LogP contribution in [0.2, 0.25) is 0 Å². The number of halogens is 1. The van der Waals surface area contributed by atoms with Crippen molar-refractivity contribution in [2.24, 2.45) is 15.9 Å². The smallest absolute Gasteiger partial charge is 0.221 e. The number of H-pyrrole nitrogens is 1. The van der Waals surface area contributed by atoms with E-state index in [0.29, 0.717) is 17.9 Å². The largest absolute Gasteiger partial charge is 0.338 e. The molecule has 1 aromatic carbocycles. The number of aryl methyl sites for hydroxylation is 1. The number of benzene rings is 1. The average Bonchev–Trinajstić information content (AvgIpc) is 3.04. The first-order chi connectivity index (χ1) is 14.5. The van der Waals surface area contributed by atoms with E-state index >= 15 is 0 Å². The number of aromatic amines is 1. The highest BCUT2D eigenvalue weighted by Crippen LogP contribution is 2.24. The van der Waals surface area contributed by atoms with Crippen LogP contribution in [-0.2, 0) is 0 Å². The topological polar surface area (TPSA) is 68.7 Å². The zero-order valence-corrected chi connectivity index (χ0v) is 18.1. The van der Waals surface area contributed by atoms with Gasteiger partial charge in [-0.05, 0) is 83.3 Å². The number of allylic oxidation sites excluding steroid dienone is 1. The molecule has 2 aromatic rings. The van der Waals surface area contributed by atoms with Crippen molar-refractivity contribution in [3.8, 4) is 0 Å². The fourth-order valence-corrected chi connectivity index (χ4v) is 4.28. The van der Waals surface area contributed by atoms with Crippen LogP contribution in [0.4, 0.5) is 4.39 Å². The summed E-state index contributed by atoms with van der Waals surface area (Å²) in [6.45, 7) is 7.09. The van der Waals surface area contributed by atoms with Crippen LogP contribution in [0, 0.1) is 18.7 Å². The molecule has 0 amide bonds. The predicted octanol–water partition coefficient (Wildman–Crippen LogP) is 4.28. The molecule has 30 heavy (non-hydrogen) atoms. The van der Waals surface area contributed by atoms with Gasteiger partial charge in [0.05, 0.1) is 11.0 Å². The summed E-state index contributed by atoms with van der Waals surface area (Å²) < 4.78 is 13.7. The number of imidazole rings is 1. The second kappa shape index (κ2) is 9.08. The second-order valence-electron chi connectivity index (χ2n) is 8.64. The molecule has 0 bridgehead atoms. The maximum Gasteiger partial charge on any atom is 0.221 e. The number of hydrogen-bond acceptors (Lipinski definition) is 3. The molecule has 7 heteroatoms. The van der Waals surface area contributed by atoms with Gasteiger partial charge in [0, 0.05) is 30.5 Å². The van der Waals surface area contributed by atoms with Gasteiger partial charge < -0.3 is 15.2 Å². The highest BCUT2D eigenvalue weighted by atomic mass is 19.1. The number of guanidine groups is 1. The van der Waals surface area contributed by atoms with E-state index in [1.54, 1.807) is 0 Å². The lowest BCUT2D eigenvalue weighted by atomic mass is 9.92. The Balaban J connectivity index is 1.40. The van der Waals surface area contributed by atoms with Crippen LogP contribution >= 0.6 is 0 Å². The maximum atomic E-state index is 13.7. The number of rotatable bonds is 5. The first-order valence-electron chi connectivity index (χ1n) is 10.9. The summed E-state index contributed by atoms with van der Waals surface area (Å²) in [4.78, 5) is 19.6. The van der Waals surface area contributed by atoms with E-state index in [4.69, 9.17) is 0 Å². The van der Waals surface area contributed by atoms with Gasteiger partial charge in [-0.2, -0.15) is 0 Å². The van der Waals surface area contributed by atoms with Crippen LogP contribution in [0.25, 0.3) is 16.6 Å². The van der Waals surface area contributed by atoms with E-state index in [2.05, 4.69) is 37.2 Å². The van der Waals surface area contributed by atoms with Crippen molar-refractivity contribution >= 4 is 28.3 Å². The Morgan fingerprint density at radius 1 is 1.23 bits per heavy atom. The van der Waals surface area contributed by atoms with Crippen molar-refractivity contribution < 1.29 is 4.39 Å². The fourth-order valence-electron chi connectivity index (χ4n) is 4.28. The molecule has 6 nitrogen and oxygen atoms in total. The molecule has 2 N–H and O–H groups in total. The number of aliphatic imine (C=N–C) groups is 2. The molecule has 1 fully saturated rings. The van der Waals surface area contributed by atoms with Gasteiger partial charge >= 0.3 is 0 Å². The summed E-state index contributed by atoms with van der Waals surface area (Å²) in [7, 11) is 2.20. The number of nitrogens with zero attached hydrogens (tertiary/aromatic N) is 4. The minimum Gasteiger partial charge on any atom is -0.338 e. The Morgan fingerprint density at radius 3 is 2.83 bits per heavy atom. The van der Waals surface area contributed by atoms with Crippen molar-refractivity contribution in [2.75, 3.05) is 26.7 Å². The normalized spacial score (nSPS) is 20.2. The number of fused-ring (bicyclic) bond motifs is 1. The minimum absolute atomic E-state index is 0.254. The lowest BCUT2D eigenvalue weighted by Crippen LogP contribution is -2.30. The lowest BCUT2D eigenvalue weighted by molar-refractivity contribution is 0.211. The Kier molecular flexibility index (Phi) is 6.27. The third-order valence-electron chi connectivity index (χ3n) is 6.03. The monoisotopic (exact) mass is 410 g/mol. The van der Waals surface area contributed by atoms with Crippen molar-refractivity contribution in [2.45, 2.75) is 46.0 Å². The standard InChI is InChI=1S/C23H31FN6/c1-15-11-19(24)13-20-21(15)29-22(28-20)18-12-16(2)27-23(26-14-18)25-8-4-5-17-6-9-30(3)10-7-17/h11,13-14,17H,4-10,12H2,1-3H3,(H,25,26)(H,28,29). The summed E-state index contributed by atoms with van der Waals surface area (Å²) in [6.07, 6.45) is 7.52. The molecular formula is C23H31FN6. The van der Waals surface area contributed by atoms with Crippen LogP contribution in [-0.4, -0.2) is 53.2 Å². The average molecular weight is 411 g/mol. The van der Waals surface area contributed by atoms with E-state index in [1.807, 2.05) is 20.0 Å². The molecule has 0 atom stereocenters. The van der Waals surface area contributed by atoms with Gasteiger partial charge in [-0.3, -0.25) is 4.99 Å². The van der Waals surface area contributed by atoms with E-state index in [1.165, 1.54) is 44.5 Å². The maximum absolute atomic E-state index is 13.7. The predicted molar refractivity (Wildman–Crippen MR) is 121 cm³/mol. The molecule has 0 spiro atoms. The SMILES string of the molecule is CC1=NC(=NCCCC2CCN(C)CC2)NC=C(c2nc3c(C)cc(F)cc3[nH]2)C1. The Hall–Kier alpha value is -2.54. The zero-order chi connectivity index (χ0) is 21.1. The molecule has 0 aliphatic carbocycles. The Bertz CT molecular complexity index is 995. The van der Waals surface area contributed by atoms with Gasteiger partial charge in [0.2, 0.25) is 5.96 Å². The molecule has 3 heterocycles. The molecule has 4 rings (SSSR count). The number of piperidine rings is 1. The van der Waals surface area contributed by atoms with Crippen LogP contribution in [0.1, 0.15) is 50.4 Å². The third kappa shape index (κ3) is 4.95. The van der Waals surface area contributed by atoms with E-state index in [0.717, 1.165) is 47.1 Å². The molecule has 2 aliphatic heterocycles. The molecule has 160 valence electrons.